The van der Waals surface area contributed by atoms with Crippen LogP contribution in [0.15, 0.2) is 35.2 Å². The van der Waals surface area contributed by atoms with Gasteiger partial charge in [0.25, 0.3) is 0 Å². The third-order valence-corrected chi connectivity index (χ3v) is 8.42. The molecule has 0 bridgehead atoms. The van der Waals surface area contributed by atoms with Crippen LogP contribution in [0.5, 0.6) is 0 Å². The molecule has 0 saturated carbocycles. The van der Waals surface area contributed by atoms with Gasteiger partial charge < -0.3 is 15.1 Å². The van der Waals surface area contributed by atoms with Crippen molar-refractivity contribution in [1.82, 2.24) is 19.4 Å². The third kappa shape index (κ3) is 7.79. The van der Waals surface area contributed by atoms with Crippen LogP contribution in [0.25, 0.3) is 0 Å². The van der Waals surface area contributed by atoms with Crippen LogP contribution in [-0.4, -0.2) is 86.7 Å². The molecule has 2 fully saturated rings. The van der Waals surface area contributed by atoms with Crippen molar-refractivity contribution in [3.8, 4) is 0 Å². The first-order valence-corrected chi connectivity index (χ1v) is 13.6. The van der Waals surface area contributed by atoms with E-state index in [-0.39, 0.29) is 42.6 Å². The second-order valence-corrected chi connectivity index (χ2v) is 11.1. The first kappa shape index (κ1) is 25.6. The highest BCUT2D eigenvalue weighted by molar-refractivity contribution is 7.89. The fourth-order valence-electron chi connectivity index (χ4n) is 4.56. The van der Waals surface area contributed by atoms with E-state index < -0.39 is 10.0 Å². The molecule has 0 aliphatic carbocycles. The van der Waals surface area contributed by atoms with Crippen molar-refractivity contribution in [2.75, 3.05) is 52.4 Å². The number of unbranched alkanes of at least 4 members (excludes halogenated alkanes) is 1. The van der Waals surface area contributed by atoms with Crippen LogP contribution < -0.4 is 5.32 Å². The Kier molecular flexibility index (Phi) is 9.70. The van der Waals surface area contributed by atoms with Crippen molar-refractivity contribution < 1.29 is 18.0 Å². The monoisotopic (exact) mass is 478 g/mol. The molecule has 2 aliphatic heterocycles. The Morgan fingerprint density at radius 2 is 1.73 bits per heavy atom. The molecule has 1 atom stereocenters. The number of amides is 2. The molecule has 1 aromatic carbocycles. The molecule has 0 spiro atoms. The van der Waals surface area contributed by atoms with Crippen LogP contribution >= 0.6 is 0 Å². The van der Waals surface area contributed by atoms with Crippen molar-refractivity contribution >= 4 is 21.8 Å². The maximum atomic E-state index is 12.7. The van der Waals surface area contributed by atoms with Crippen LogP contribution in [0.1, 0.15) is 45.4 Å². The van der Waals surface area contributed by atoms with E-state index in [9.17, 15) is 18.0 Å². The molecule has 2 heterocycles. The maximum absolute atomic E-state index is 12.7. The summed E-state index contributed by atoms with van der Waals surface area (Å²) in [5.74, 6) is 0.591. The number of likely N-dealkylation sites (tertiary alicyclic amines) is 1. The first-order chi connectivity index (χ1) is 15.9. The van der Waals surface area contributed by atoms with Gasteiger partial charge in [-0.1, -0.05) is 25.1 Å². The molecule has 8 nitrogen and oxygen atoms in total. The summed E-state index contributed by atoms with van der Waals surface area (Å²) >= 11 is 0. The van der Waals surface area contributed by atoms with E-state index in [1.165, 1.54) is 30.2 Å². The highest BCUT2D eigenvalue weighted by Crippen LogP contribution is 2.18. The highest BCUT2D eigenvalue weighted by Gasteiger charge is 2.30. The van der Waals surface area contributed by atoms with Gasteiger partial charge >= 0.3 is 0 Å². The Morgan fingerprint density at radius 1 is 1.00 bits per heavy atom. The minimum Gasteiger partial charge on any atom is -0.356 e. The fraction of sp³-hybridized carbons (Fsp3) is 0.667. The van der Waals surface area contributed by atoms with Gasteiger partial charge in [-0.15, -0.1) is 0 Å². The minimum atomic E-state index is -3.53. The predicted octanol–water partition coefficient (Wildman–Crippen LogP) is 1.93. The van der Waals surface area contributed by atoms with Crippen LogP contribution in [0.4, 0.5) is 0 Å². The number of hydrogen-bond donors (Lipinski definition) is 1. The Morgan fingerprint density at radius 3 is 2.42 bits per heavy atom. The van der Waals surface area contributed by atoms with Gasteiger partial charge in [-0.3, -0.25) is 9.59 Å². The van der Waals surface area contributed by atoms with Gasteiger partial charge in [0.05, 0.1) is 4.90 Å². The van der Waals surface area contributed by atoms with E-state index in [0.717, 1.165) is 25.3 Å². The van der Waals surface area contributed by atoms with Crippen LogP contribution in [0, 0.1) is 5.92 Å². The van der Waals surface area contributed by atoms with Gasteiger partial charge in [-0.2, -0.15) is 4.31 Å². The number of piperazine rings is 1. The molecule has 1 N–H and O–H groups in total. The third-order valence-electron chi connectivity index (χ3n) is 6.50. The zero-order valence-electron chi connectivity index (χ0n) is 19.7. The topological polar surface area (TPSA) is 90.0 Å². The van der Waals surface area contributed by atoms with E-state index in [2.05, 4.69) is 17.1 Å². The second kappa shape index (κ2) is 12.5. The summed E-state index contributed by atoms with van der Waals surface area (Å²) in [5.41, 5.74) is 0. The molecule has 0 aromatic heterocycles. The normalized spacial score (nSPS) is 20.5. The number of carbonyl (C=O) groups excluding carboxylic acids is 2. The quantitative estimate of drug-likeness (QED) is 0.519. The molecular formula is C24H38N4O4S. The Labute approximate surface area is 198 Å². The van der Waals surface area contributed by atoms with Gasteiger partial charge in [-0.25, -0.2) is 8.42 Å². The van der Waals surface area contributed by atoms with Gasteiger partial charge in [-0.05, 0) is 56.8 Å². The molecule has 9 heteroatoms. The number of piperidine rings is 1. The number of nitrogens with zero attached hydrogens (tertiary/aromatic N) is 3. The second-order valence-electron chi connectivity index (χ2n) is 9.20. The Bertz CT molecular complexity index is 870. The minimum absolute atomic E-state index is 0.0962. The molecule has 1 aromatic rings. The molecule has 2 aliphatic rings. The number of rotatable bonds is 10. The summed E-state index contributed by atoms with van der Waals surface area (Å²) in [7, 11) is -3.53. The van der Waals surface area contributed by atoms with E-state index >= 15 is 0 Å². The van der Waals surface area contributed by atoms with Crippen molar-refractivity contribution in [2.45, 2.75) is 50.3 Å². The summed E-state index contributed by atoms with van der Waals surface area (Å²) in [4.78, 5) is 29.0. The number of benzene rings is 1. The van der Waals surface area contributed by atoms with Crippen LogP contribution in [-0.2, 0) is 19.6 Å². The summed E-state index contributed by atoms with van der Waals surface area (Å²) < 4.78 is 26.8. The molecule has 2 amide bonds. The Hall–Kier alpha value is -1.97. The number of carbonyl (C=O) groups is 2. The lowest BCUT2D eigenvalue weighted by atomic mass is 10.0. The molecule has 1 unspecified atom stereocenters. The van der Waals surface area contributed by atoms with Gasteiger partial charge in [0.2, 0.25) is 21.8 Å². The average molecular weight is 479 g/mol. The molecule has 0 radical (unpaired) electrons. The summed E-state index contributed by atoms with van der Waals surface area (Å²) in [6.45, 7) is 7.64. The lowest BCUT2D eigenvalue weighted by Gasteiger charge is -2.34. The van der Waals surface area contributed by atoms with Crippen LogP contribution in [0.3, 0.4) is 0 Å². The van der Waals surface area contributed by atoms with E-state index in [4.69, 9.17) is 0 Å². The van der Waals surface area contributed by atoms with Gasteiger partial charge in [0.15, 0.2) is 0 Å². The number of hydrogen-bond acceptors (Lipinski definition) is 5. The van der Waals surface area contributed by atoms with E-state index in [1.54, 1.807) is 35.2 Å². The summed E-state index contributed by atoms with van der Waals surface area (Å²) in [6, 6.07) is 8.35. The standard InChI is InChI=1S/C24H38N4O4S/c1-21-8-7-15-26(20-21)14-6-5-13-25-23(29)11-12-24(30)27-16-18-28(19-17-27)33(31,32)22-9-3-2-4-10-22/h2-4,9-10,21H,5-8,11-20H2,1H3,(H,25,29). The predicted molar refractivity (Wildman–Crippen MR) is 128 cm³/mol. The number of sulfonamides is 1. The summed E-state index contributed by atoms with van der Waals surface area (Å²) in [5, 5.41) is 2.92. The molecule has 184 valence electrons. The Balaban J connectivity index is 1.28. The van der Waals surface area contributed by atoms with E-state index in [0.29, 0.717) is 19.6 Å². The lowest BCUT2D eigenvalue weighted by molar-refractivity contribution is -0.134. The van der Waals surface area contributed by atoms with E-state index in [1.807, 2.05) is 0 Å². The largest absolute Gasteiger partial charge is 0.356 e. The smallest absolute Gasteiger partial charge is 0.243 e. The van der Waals surface area contributed by atoms with Gasteiger partial charge in [0, 0.05) is 52.1 Å². The van der Waals surface area contributed by atoms with Crippen molar-refractivity contribution in [3.63, 3.8) is 0 Å². The summed E-state index contributed by atoms with van der Waals surface area (Å²) in [6.07, 6.45) is 4.95. The lowest BCUT2D eigenvalue weighted by Crippen LogP contribution is -2.50. The highest BCUT2D eigenvalue weighted by atomic mass is 32.2. The first-order valence-electron chi connectivity index (χ1n) is 12.2. The molecule has 3 rings (SSSR count). The maximum Gasteiger partial charge on any atom is 0.243 e. The van der Waals surface area contributed by atoms with Crippen molar-refractivity contribution in [2.24, 2.45) is 5.92 Å². The molecule has 33 heavy (non-hydrogen) atoms. The van der Waals surface area contributed by atoms with Crippen LogP contribution in [0.2, 0.25) is 0 Å². The average Bonchev–Trinajstić information content (AvgIpc) is 2.83. The zero-order valence-corrected chi connectivity index (χ0v) is 20.6. The van der Waals surface area contributed by atoms with Crippen molar-refractivity contribution in [1.29, 1.82) is 0 Å². The van der Waals surface area contributed by atoms with Gasteiger partial charge in [0.1, 0.15) is 0 Å². The molecule has 2 saturated heterocycles. The SMILES string of the molecule is CC1CCCN(CCCCNC(=O)CCC(=O)N2CCN(S(=O)(=O)c3ccccc3)CC2)C1. The van der Waals surface area contributed by atoms with Crippen molar-refractivity contribution in [3.05, 3.63) is 30.3 Å². The fourth-order valence-corrected chi connectivity index (χ4v) is 6.01. The zero-order chi connectivity index (χ0) is 23.7. The molecular weight excluding hydrogens is 440 g/mol. The number of nitrogens with one attached hydrogen (secondary N) is 1.